The van der Waals surface area contributed by atoms with Gasteiger partial charge >= 0.3 is 0 Å². The molecule has 0 aliphatic rings. The second kappa shape index (κ2) is 5.93. The van der Waals surface area contributed by atoms with E-state index < -0.39 is 0 Å². The number of nitriles is 1. The Morgan fingerprint density at radius 1 is 1.13 bits per heavy atom. The molecule has 114 valence electrons. The first-order chi connectivity index (χ1) is 11.1. The number of hydrogen-bond acceptors (Lipinski definition) is 5. The molecule has 0 saturated carbocycles. The van der Waals surface area contributed by atoms with Gasteiger partial charge in [0.05, 0.1) is 17.3 Å². The molecule has 0 radical (unpaired) electrons. The number of nitrogens with zero attached hydrogens (tertiary/aromatic N) is 3. The van der Waals surface area contributed by atoms with Gasteiger partial charge < -0.3 is 10.4 Å². The largest absolute Gasteiger partial charge is 0.508 e. The first-order valence-corrected chi connectivity index (χ1v) is 7.28. The smallest absolute Gasteiger partial charge is 0.156 e. The van der Waals surface area contributed by atoms with Crippen LogP contribution in [0.5, 0.6) is 5.75 Å². The number of rotatable bonds is 3. The Bertz CT molecular complexity index is 928. The number of aryl methyl sites for hydroxylation is 1. The fraction of sp³-hybridized carbons (Fsp3) is 0.167. The number of benzene rings is 2. The number of aromatic nitrogens is 2. The Morgan fingerprint density at radius 2 is 1.96 bits per heavy atom. The van der Waals surface area contributed by atoms with E-state index in [1.165, 1.54) is 0 Å². The zero-order valence-electron chi connectivity index (χ0n) is 13.0. The van der Waals surface area contributed by atoms with Crippen LogP contribution in [0.3, 0.4) is 0 Å². The van der Waals surface area contributed by atoms with Gasteiger partial charge in [-0.1, -0.05) is 12.1 Å². The molecule has 0 aliphatic carbocycles. The summed E-state index contributed by atoms with van der Waals surface area (Å²) in [5.41, 5.74) is 3.46. The molecule has 5 nitrogen and oxygen atoms in total. The van der Waals surface area contributed by atoms with Crippen LogP contribution >= 0.6 is 0 Å². The van der Waals surface area contributed by atoms with E-state index in [0.717, 1.165) is 27.6 Å². The maximum Gasteiger partial charge on any atom is 0.156 e. The van der Waals surface area contributed by atoms with Gasteiger partial charge in [-0.2, -0.15) is 10.4 Å². The molecule has 3 rings (SSSR count). The van der Waals surface area contributed by atoms with Crippen molar-refractivity contribution in [3.8, 4) is 11.8 Å². The third kappa shape index (κ3) is 2.79. The van der Waals surface area contributed by atoms with Crippen LogP contribution < -0.4 is 5.32 Å². The summed E-state index contributed by atoms with van der Waals surface area (Å²) in [6.07, 6.45) is 0. The Morgan fingerprint density at radius 3 is 2.74 bits per heavy atom. The van der Waals surface area contributed by atoms with Crippen molar-refractivity contribution >= 4 is 16.6 Å². The molecule has 1 heterocycles. The number of aromatic hydroxyl groups is 1. The SMILES string of the molecule is Cc1c(C#N)cccc1CNc1nnc(C)c2ccc(O)cc12. The van der Waals surface area contributed by atoms with E-state index in [9.17, 15) is 5.11 Å². The summed E-state index contributed by atoms with van der Waals surface area (Å²) in [6, 6.07) is 13.0. The number of fused-ring (bicyclic) bond motifs is 1. The zero-order chi connectivity index (χ0) is 16.4. The Kier molecular flexibility index (Phi) is 3.82. The van der Waals surface area contributed by atoms with E-state index >= 15 is 0 Å². The van der Waals surface area contributed by atoms with E-state index in [0.29, 0.717) is 17.9 Å². The van der Waals surface area contributed by atoms with Crippen LogP contribution in [0.25, 0.3) is 10.8 Å². The third-order valence-corrected chi connectivity index (χ3v) is 3.96. The maximum atomic E-state index is 9.73. The molecule has 3 aromatic rings. The molecule has 0 aliphatic heterocycles. The summed E-state index contributed by atoms with van der Waals surface area (Å²) < 4.78 is 0. The molecule has 2 N–H and O–H groups in total. The fourth-order valence-corrected chi connectivity index (χ4v) is 2.58. The molecule has 2 aromatic carbocycles. The lowest BCUT2D eigenvalue weighted by Gasteiger charge is -2.12. The highest BCUT2D eigenvalue weighted by molar-refractivity contribution is 5.93. The molecule has 5 heteroatoms. The van der Waals surface area contributed by atoms with Crippen molar-refractivity contribution in [2.45, 2.75) is 20.4 Å². The highest BCUT2D eigenvalue weighted by Crippen LogP contribution is 2.27. The minimum absolute atomic E-state index is 0.190. The number of nitrogens with one attached hydrogen (secondary N) is 1. The average Bonchev–Trinajstić information content (AvgIpc) is 2.55. The van der Waals surface area contributed by atoms with Gasteiger partial charge in [-0.05, 0) is 49.2 Å². The summed E-state index contributed by atoms with van der Waals surface area (Å²) in [7, 11) is 0. The molecular formula is C18H16N4O. The first kappa shape index (κ1) is 14.8. The van der Waals surface area contributed by atoms with Crippen molar-refractivity contribution in [3.05, 3.63) is 58.8 Å². The number of phenols is 1. The molecule has 0 bridgehead atoms. The second-order valence-corrected chi connectivity index (χ2v) is 5.42. The van der Waals surface area contributed by atoms with Gasteiger partial charge in [-0.25, -0.2) is 0 Å². The molecule has 1 aromatic heterocycles. The Hall–Kier alpha value is -3.13. The van der Waals surface area contributed by atoms with E-state index in [2.05, 4.69) is 21.6 Å². The van der Waals surface area contributed by atoms with Crippen LogP contribution in [0.1, 0.15) is 22.4 Å². The van der Waals surface area contributed by atoms with E-state index in [1.807, 2.05) is 32.0 Å². The third-order valence-electron chi connectivity index (χ3n) is 3.96. The van der Waals surface area contributed by atoms with Gasteiger partial charge in [0.15, 0.2) is 5.82 Å². The monoisotopic (exact) mass is 304 g/mol. The predicted molar refractivity (Wildman–Crippen MR) is 89.2 cm³/mol. The quantitative estimate of drug-likeness (QED) is 0.774. The van der Waals surface area contributed by atoms with Gasteiger partial charge in [0.2, 0.25) is 0 Å². The normalized spacial score (nSPS) is 10.5. The lowest BCUT2D eigenvalue weighted by Crippen LogP contribution is -2.06. The van der Waals surface area contributed by atoms with Crippen LogP contribution in [0.4, 0.5) is 5.82 Å². The molecule has 0 saturated heterocycles. The maximum absolute atomic E-state index is 9.73. The summed E-state index contributed by atoms with van der Waals surface area (Å²) in [6.45, 7) is 4.35. The summed E-state index contributed by atoms with van der Waals surface area (Å²) >= 11 is 0. The zero-order valence-corrected chi connectivity index (χ0v) is 13.0. The van der Waals surface area contributed by atoms with E-state index in [4.69, 9.17) is 5.26 Å². The van der Waals surface area contributed by atoms with E-state index in [1.54, 1.807) is 18.2 Å². The van der Waals surface area contributed by atoms with Crippen molar-refractivity contribution in [1.29, 1.82) is 5.26 Å². The van der Waals surface area contributed by atoms with Gasteiger partial charge in [0.25, 0.3) is 0 Å². The number of phenolic OH excluding ortho intramolecular Hbond substituents is 1. The van der Waals surface area contributed by atoms with Crippen LogP contribution in [-0.4, -0.2) is 15.3 Å². The Labute approximate surface area is 134 Å². The highest BCUT2D eigenvalue weighted by Gasteiger charge is 2.09. The topological polar surface area (TPSA) is 81.8 Å². The van der Waals surface area contributed by atoms with Crippen LogP contribution in [-0.2, 0) is 6.54 Å². The molecule has 0 fully saturated rings. The molecule has 0 spiro atoms. The summed E-state index contributed by atoms with van der Waals surface area (Å²) in [5.74, 6) is 0.805. The second-order valence-electron chi connectivity index (χ2n) is 5.42. The Balaban J connectivity index is 1.96. The minimum atomic E-state index is 0.190. The van der Waals surface area contributed by atoms with E-state index in [-0.39, 0.29) is 5.75 Å². The van der Waals surface area contributed by atoms with Crippen LogP contribution in [0, 0.1) is 25.2 Å². The molecular weight excluding hydrogens is 288 g/mol. The number of hydrogen-bond donors (Lipinski definition) is 2. The van der Waals surface area contributed by atoms with Crippen molar-refractivity contribution in [2.75, 3.05) is 5.32 Å². The lowest BCUT2D eigenvalue weighted by atomic mass is 10.0. The average molecular weight is 304 g/mol. The van der Waals surface area contributed by atoms with Crippen molar-refractivity contribution in [2.24, 2.45) is 0 Å². The fourth-order valence-electron chi connectivity index (χ4n) is 2.58. The minimum Gasteiger partial charge on any atom is -0.508 e. The first-order valence-electron chi connectivity index (χ1n) is 7.28. The molecule has 23 heavy (non-hydrogen) atoms. The predicted octanol–water partition coefficient (Wildman–Crippen LogP) is 3.44. The van der Waals surface area contributed by atoms with Crippen molar-refractivity contribution < 1.29 is 5.11 Å². The molecule has 0 atom stereocenters. The molecule has 0 unspecified atom stereocenters. The van der Waals surface area contributed by atoms with Gasteiger partial charge in [-0.3, -0.25) is 0 Å². The lowest BCUT2D eigenvalue weighted by molar-refractivity contribution is 0.476. The van der Waals surface area contributed by atoms with Gasteiger partial charge in [0, 0.05) is 17.3 Å². The summed E-state index contributed by atoms with van der Waals surface area (Å²) in [4.78, 5) is 0. The summed E-state index contributed by atoms with van der Waals surface area (Å²) in [5, 5.41) is 32.2. The molecule has 0 amide bonds. The van der Waals surface area contributed by atoms with Crippen LogP contribution in [0.2, 0.25) is 0 Å². The van der Waals surface area contributed by atoms with Crippen molar-refractivity contribution in [1.82, 2.24) is 10.2 Å². The van der Waals surface area contributed by atoms with Gasteiger partial charge in [0.1, 0.15) is 5.75 Å². The van der Waals surface area contributed by atoms with Gasteiger partial charge in [-0.15, -0.1) is 5.10 Å². The van der Waals surface area contributed by atoms with Crippen molar-refractivity contribution in [3.63, 3.8) is 0 Å². The highest BCUT2D eigenvalue weighted by atomic mass is 16.3. The van der Waals surface area contributed by atoms with Crippen LogP contribution in [0.15, 0.2) is 36.4 Å². The standard InChI is InChI=1S/C18H16N4O/c1-11-13(9-19)4-3-5-14(11)10-20-18-17-8-15(23)6-7-16(17)12(2)21-22-18/h3-8,23H,10H2,1-2H3,(H,20,22). The number of anilines is 1.